The highest BCUT2D eigenvalue weighted by atomic mass is 16.3. The number of hydrogen-bond acceptors (Lipinski definition) is 4. The molecule has 0 bridgehead atoms. The van der Waals surface area contributed by atoms with Crippen molar-refractivity contribution in [1.29, 1.82) is 0 Å². The van der Waals surface area contributed by atoms with Gasteiger partial charge in [-0.15, -0.1) is 10.2 Å². The van der Waals surface area contributed by atoms with Crippen molar-refractivity contribution in [3.8, 4) is 0 Å². The van der Waals surface area contributed by atoms with Crippen LogP contribution in [0.5, 0.6) is 0 Å². The topological polar surface area (TPSA) is 92.1 Å². The number of aliphatic hydroxyl groups excluding tert-OH is 1. The van der Waals surface area contributed by atoms with E-state index in [9.17, 15) is 9.90 Å². The lowest BCUT2D eigenvalue weighted by Crippen LogP contribution is -2.46. The van der Waals surface area contributed by atoms with Crippen molar-refractivity contribution >= 4 is 6.03 Å². The summed E-state index contributed by atoms with van der Waals surface area (Å²) in [6.07, 6.45) is 7.88. The van der Waals surface area contributed by atoms with Gasteiger partial charge >= 0.3 is 6.03 Å². The molecule has 7 nitrogen and oxygen atoms in total. The van der Waals surface area contributed by atoms with Crippen LogP contribution in [0.25, 0.3) is 0 Å². The largest absolute Gasteiger partial charge is 0.396 e. The van der Waals surface area contributed by atoms with Gasteiger partial charge in [0.15, 0.2) is 0 Å². The number of aryl methyl sites for hydroxylation is 1. The SMILES string of the molecule is CCc1nncn1CCNC(=O)NC1CCCCCC1CO. The molecule has 7 heteroatoms. The van der Waals surface area contributed by atoms with E-state index < -0.39 is 0 Å². The molecule has 1 aromatic heterocycles. The Morgan fingerprint density at radius 1 is 1.41 bits per heavy atom. The van der Waals surface area contributed by atoms with E-state index in [0.717, 1.165) is 37.9 Å². The highest BCUT2D eigenvalue weighted by Crippen LogP contribution is 2.23. The molecular formula is C15H27N5O2. The highest BCUT2D eigenvalue weighted by molar-refractivity contribution is 5.74. The van der Waals surface area contributed by atoms with Crippen LogP contribution in [0.4, 0.5) is 4.79 Å². The Balaban J connectivity index is 1.74. The zero-order chi connectivity index (χ0) is 15.8. The zero-order valence-corrected chi connectivity index (χ0v) is 13.3. The number of aromatic nitrogens is 3. The quantitative estimate of drug-likeness (QED) is 0.686. The van der Waals surface area contributed by atoms with Crippen LogP contribution in [0.3, 0.4) is 0 Å². The van der Waals surface area contributed by atoms with Gasteiger partial charge < -0.3 is 20.3 Å². The summed E-state index contributed by atoms with van der Waals surface area (Å²) in [4.78, 5) is 12.0. The molecule has 1 heterocycles. The van der Waals surface area contributed by atoms with E-state index in [0.29, 0.717) is 13.1 Å². The van der Waals surface area contributed by atoms with Crippen LogP contribution in [-0.2, 0) is 13.0 Å². The second-order valence-corrected chi connectivity index (χ2v) is 5.88. The molecular weight excluding hydrogens is 282 g/mol. The van der Waals surface area contributed by atoms with Crippen molar-refractivity contribution in [2.24, 2.45) is 5.92 Å². The summed E-state index contributed by atoms with van der Waals surface area (Å²) >= 11 is 0. The maximum atomic E-state index is 12.0. The summed E-state index contributed by atoms with van der Waals surface area (Å²) in [6, 6.07) is -0.0786. The zero-order valence-electron chi connectivity index (χ0n) is 13.3. The van der Waals surface area contributed by atoms with Crippen LogP contribution in [0.15, 0.2) is 6.33 Å². The van der Waals surface area contributed by atoms with Gasteiger partial charge in [-0.2, -0.15) is 0 Å². The third kappa shape index (κ3) is 4.69. The molecule has 3 N–H and O–H groups in total. The molecule has 0 aromatic carbocycles. The average molecular weight is 309 g/mol. The third-order valence-corrected chi connectivity index (χ3v) is 4.36. The van der Waals surface area contributed by atoms with Crippen LogP contribution >= 0.6 is 0 Å². The van der Waals surface area contributed by atoms with E-state index in [-0.39, 0.29) is 24.6 Å². The normalized spacial score (nSPS) is 22.1. The number of nitrogens with zero attached hydrogens (tertiary/aromatic N) is 3. The van der Waals surface area contributed by atoms with Gasteiger partial charge in [-0.05, 0) is 12.8 Å². The first-order valence-corrected chi connectivity index (χ1v) is 8.26. The summed E-state index contributed by atoms with van der Waals surface area (Å²) in [5.74, 6) is 1.10. The number of amides is 2. The van der Waals surface area contributed by atoms with Crippen molar-refractivity contribution in [1.82, 2.24) is 25.4 Å². The molecule has 124 valence electrons. The molecule has 2 rings (SSSR count). The second kappa shape index (κ2) is 8.73. The van der Waals surface area contributed by atoms with E-state index in [4.69, 9.17) is 0 Å². The summed E-state index contributed by atoms with van der Waals surface area (Å²) in [5.41, 5.74) is 0. The molecule has 1 aliphatic rings. The molecule has 2 unspecified atom stereocenters. The molecule has 22 heavy (non-hydrogen) atoms. The van der Waals surface area contributed by atoms with Crippen LogP contribution < -0.4 is 10.6 Å². The maximum Gasteiger partial charge on any atom is 0.315 e. The smallest absolute Gasteiger partial charge is 0.315 e. The number of carbonyl (C=O) groups excluding carboxylic acids is 1. The molecule has 0 saturated heterocycles. The monoisotopic (exact) mass is 309 g/mol. The molecule has 2 atom stereocenters. The second-order valence-electron chi connectivity index (χ2n) is 5.88. The first-order valence-electron chi connectivity index (χ1n) is 8.26. The first-order chi connectivity index (χ1) is 10.7. The molecule has 2 amide bonds. The number of rotatable bonds is 6. The summed E-state index contributed by atoms with van der Waals surface area (Å²) < 4.78 is 1.95. The van der Waals surface area contributed by atoms with E-state index in [1.807, 2.05) is 11.5 Å². The summed E-state index contributed by atoms with van der Waals surface area (Å²) in [6.45, 7) is 3.37. The van der Waals surface area contributed by atoms with Crippen LogP contribution in [0.2, 0.25) is 0 Å². The van der Waals surface area contributed by atoms with E-state index >= 15 is 0 Å². The Labute approximate surface area is 131 Å². The fraction of sp³-hybridized carbons (Fsp3) is 0.800. The molecule has 1 saturated carbocycles. The number of aliphatic hydroxyl groups is 1. The molecule has 1 aromatic rings. The van der Waals surface area contributed by atoms with Gasteiger partial charge in [-0.25, -0.2) is 4.79 Å². The minimum absolute atomic E-state index is 0.0774. The van der Waals surface area contributed by atoms with Gasteiger partial charge in [0.25, 0.3) is 0 Å². The van der Waals surface area contributed by atoms with Gasteiger partial charge in [0, 0.05) is 38.1 Å². The number of carbonyl (C=O) groups is 1. The highest BCUT2D eigenvalue weighted by Gasteiger charge is 2.24. The molecule has 0 radical (unpaired) electrons. The third-order valence-electron chi connectivity index (χ3n) is 4.36. The van der Waals surface area contributed by atoms with E-state index in [1.165, 1.54) is 6.42 Å². The number of urea groups is 1. The van der Waals surface area contributed by atoms with E-state index in [1.54, 1.807) is 6.33 Å². The Morgan fingerprint density at radius 2 is 2.23 bits per heavy atom. The van der Waals surface area contributed by atoms with E-state index in [2.05, 4.69) is 20.8 Å². The Kier molecular flexibility index (Phi) is 6.64. The number of nitrogens with one attached hydrogen (secondary N) is 2. The average Bonchev–Trinajstić information content (AvgIpc) is 2.85. The van der Waals surface area contributed by atoms with Crippen LogP contribution in [0, 0.1) is 5.92 Å². The lowest BCUT2D eigenvalue weighted by Gasteiger charge is -2.24. The maximum absolute atomic E-state index is 12.0. The van der Waals surface area contributed by atoms with Crippen LogP contribution in [0.1, 0.15) is 44.9 Å². The van der Waals surface area contributed by atoms with Gasteiger partial charge in [0.05, 0.1) is 0 Å². The molecule has 0 spiro atoms. The van der Waals surface area contributed by atoms with Crippen molar-refractivity contribution in [3.05, 3.63) is 12.2 Å². The summed E-state index contributed by atoms with van der Waals surface area (Å²) in [7, 11) is 0. The summed E-state index contributed by atoms with van der Waals surface area (Å²) in [5, 5.41) is 23.3. The predicted octanol–water partition coefficient (Wildman–Crippen LogP) is 1.08. The van der Waals surface area contributed by atoms with Gasteiger partial charge in [-0.3, -0.25) is 0 Å². The fourth-order valence-electron chi connectivity index (χ4n) is 3.04. The lowest BCUT2D eigenvalue weighted by molar-refractivity contribution is 0.179. The van der Waals surface area contributed by atoms with Gasteiger partial charge in [0.2, 0.25) is 0 Å². The van der Waals surface area contributed by atoms with Crippen molar-refractivity contribution in [2.75, 3.05) is 13.2 Å². The van der Waals surface area contributed by atoms with Crippen molar-refractivity contribution in [2.45, 2.75) is 58.0 Å². The number of hydrogen-bond donors (Lipinski definition) is 3. The van der Waals surface area contributed by atoms with Gasteiger partial charge in [-0.1, -0.05) is 26.2 Å². The minimum atomic E-state index is -0.156. The molecule has 1 fully saturated rings. The predicted molar refractivity (Wildman–Crippen MR) is 83.4 cm³/mol. The molecule has 1 aliphatic carbocycles. The van der Waals surface area contributed by atoms with Crippen molar-refractivity contribution < 1.29 is 9.90 Å². The lowest BCUT2D eigenvalue weighted by atomic mass is 9.96. The Morgan fingerprint density at radius 3 is 3.00 bits per heavy atom. The fourth-order valence-corrected chi connectivity index (χ4v) is 3.04. The Hall–Kier alpha value is -1.63. The van der Waals surface area contributed by atoms with Gasteiger partial charge in [0.1, 0.15) is 12.2 Å². The van der Waals surface area contributed by atoms with Crippen LogP contribution in [-0.4, -0.2) is 45.1 Å². The van der Waals surface area contributed by atoms with Crippen molar-refractivity contribution in [3.63, 3.8) is 0 Å². The minimum Gasteiger partial charge on any atom is -0.396 e. The molecule has 0 aliphatic heterocycles. The first kappa shape index (κ1) is 16.7. The standard InChI is InChI=1S/C15H27N5O2/c1-2-14-19-17-11-20(14)9-8-16-15(22)18-13-7-5-3-4-6-12(13)10-21/h11-13,21H,2-10H2,1H3,(H2,16,18,22). The Bertz CT molecular complexity index is 463.